The van der Waals surface area contributed by atoms with Crippen molar-refractivity contribution in [1.29, 1.82) is 0 Å². The lowest BCUT2D eigenvalue weighted by Gasteiger charge is -2.10. The van der Waals surface area contributed by atoms with Gasteiger partial charge in [-0.25, -0.2) is 4.98 Å². The number of aromatic nitrogens is 2. The Balaban J connectivity index is 1.67. The zero-order valence-corrected chi connectivity index (χ0v) is 11.9. The molecule has 0 amide bonds. The zero-order valence-electron chi connectivity index (χ0n) is 11.1. The fraction of sp³-hybridized carbons (Fsp3) is 0.500. The summed E-state index contributed by atoms with van der Waals surface area (Å²) in [5.41, 5.74) is 1.43. The van der Waals surface area contributed by atoms with Crippen LogP contribution in [0.1, 0.15) is 31.2 Å². The van der Waals surface area contributed by atoms with Gasteiger partial charge in [0.15, 0.2) is 0 Å². The highest BCUT2D eigenvalue weighted by molar-refractivity contribution is 7.07. The van der Waals surface area contributed by atoms with Gasteiger partial charge in [0, 0.05) is 31.4 Å². The molecule has 0 radical (unpaired) electrons. The summed E-state index contributed by atoms with van der Waals surface area (Å²) >= 11 is 1.77. The summed E-state index contributed by atoms with van der Waals surface area (Å²) in [5, 5.41) is 7.84. The van der Waals surface area contributed by atoms with E-state index in [0.29, 0.717) is 5.92 Å². The van der Waals surface area contributed by atoms with Gasteiger partial charge in [-0.2, -0.15) is 11.3 Å². The van der Waals surface area contributed by atoms with Crippen LogP contribution in [0.3, 0.4) is 0 Å². The smallest absolute Gasteiger partial charge is 0.111 e. The maximum Gasteiger partial charge on any atom is 0.111 e. The number of imidazole rings is 1. The molecule has 0 atom stereocenters. The lowest BCUT2D eigenvalue weighted by atomic mass is 10.2. The van der Waals surface area contributed by atoms with E-state index >= 15 is 0 Å². The van der Waals surface area contributed by atoms with E-state index in [2.05, 4.69) is 51.7 Å². The summed E-state index contributed by atoms with van der Waals surface area (Å²) in [6.07, 6.45) is 5.07. The van der Waals surface area contributed by atoms with Crippen molar-refractivity contribution in [3.05, 3.63) is 40.6 Å². The molecule has 1 N–H and O–H groups in total. The molecule has 2 heterocycles. The lowest BCUT2D eigenvalue weighted by molar-refractivity contribution is 0.567. The molecular weight excluding hydrogens is 242 g/mol. The SMILES string of the molecule is CC(C)c1nccn1CCNCCc1ccsc1. The second kappa shape index (κ2) is 6.71. The molecule has 0 aromatic carbocycles. The Morgan fingerprint density at radius 3 is 3.00 bits per heavy atom. The van der Waals surface area contributed by atoms with E-state index in [9.17, 15) is 0 Å². The summed E-state index contributed by atoms with van der Waals surface area (Å²) < 4.78 is 2.24. The summed E-state index contributed by atoms with van der Waals surface area (Å²) in [7, 11) is 0. The van der Waals surface area contributed by atoms with E-state index in [1.165, 1.54) is 11.4 Å². The molecule has 0 aliphatic carbocycles. The van der Waals surface area contributed by atoms with Gasteiger partial charge in [0.2, 0.25) is 0 Å². The van der Waals surface area contributed by atoms with Crippen LogP contribution in [-0.4, -0.2) is 22.6 Å². The van der Waals surface area contributed by atoms with E-state index in [0.717, 1.165) is 26.1 Å². The van der Waals surface area contributed by atoms with E-state index in [1.54, 1.807) is 11.3 Å². The molecule has 0 spiro atoms. The summed E-state index contributed by atoms with van der Waals surface area (Å²) in [6, 6.07) is 2.19. The van der Waals surface area contributed by atoms with Gasteiger partial charge in [-0.05, 0) is 35.4 Å². The largest absolute Gasteiger partial charge is 0.333 e. The van der Waals surface area contributed by atoms with E-state index < -0.39 is 0 Å². The molecular formula is C14H21N3S. The van der Waals surface area contributed by atoms with Crippen LogP contribution in [-0.2, 0) is 13.0 Å². The third-order valence-electron chi connectivity index (χ3n) is 2.96. The Labute approximate surface area is 113 Å². The number of nitrogens with zero attached hydrogens (tertiary/aromatic N) is 2. The average Bonchev–Trinajstić information content (AvgIpc) is 2.98. The molecule has 0 aliphatic heterocycles. The van der Waals surface area contributed by atoms with Gasteiger partial charge < -0.3 is 9.88 Å². The molecule has 0 bridgehead atoms. The molecule has 0 saturated heterocycles. The Kier molecular flexibility index (Phi) is 4.96. The Bertz CT molecular complexity index is 445. The standard InChI is InChI=1S/C14H21N3S/c1-12(2)14-16-7-9-17(14)8-6-15-5-3-13-4-10-18-11-13/h4,7,9-12,15H,3,5-6,8H2,1-2H3. The first-order valence-corrected chi connectivity index (χ1v) is 7.44. The lowest BCUT2D eigenvalue weighted by Crippen LogP contribution is -2.23. The van der Waals surface area contributed by atoms with Gasteiger partial charge in [-0.1, -0.05) is 13.8 Å². The number of thiophene rings is 1. The van der Waals surface area contributed by atoms with Crippen molar-refractivity contribution in [2.75, 3.05) is 13.1 Å². The molecule has 2 rings (SSSR count). The number of rotatable bonds is 7. The van der Waals surface area contributed by atoms with Gasteiger partial charge in [0.05, 0.1) is 0 Å². The Morgan fingerprint density at radius 2 is 2.28 bits per heavy atom. The highest BCUT2D eigenvalue weighted by atomic mass is 32.1. The van der Waals surface area contributed by atoms with Gasteiger partial charge in [0.25, 0.3) is 0 Å². The minimum atomic E-state index is 0.491. The molecule has 0 fully saturated rings. The van der Waals surface area contributed by atoms with Crippen LogP contribution in [0, 0.1) is 0 Å². The Hall–Kier alpha value is -1.13. The number of hydrogen-bond acceptors (Lipinski definition) is 3. The van der Waals surface area contributed by atoms with Crippen LogP contribution >= 0.6 is 11.3 Å². The first-order valence-electron chi connectivity index (χ1n) is 6.50. The van der Waals surface area contributed by atoms with E-state index in [-0.39, 0.29) is 0 Å². The molecule has 98 valence electrons. The highest BCUT2D eigenvalue weighted by Crippen LogP contribution is 2.11. The predicted octanol–water partition coefficient (Wildman–Crippen LogP) is 2.90. The third-order valence-corrected chi connectivity index (χ3v) is 3.70. The van der Waals surface area contributed by atoms with Gasteiger partial charge >= 0.3 is 0 Å². The third kappa shape index (κ3) is 3.68. The zero-order chi connectivity index (χ0) is 12.8. The quantitative estimate of drug-likeness (QED) is 0.778. The fourth-order valence-electron chi connectivity index (χ4n) is 2.00. The maximum atomic E-state index is 4.39. The molecule has 4 heteroatoms. The molecule has 2 aromatic heterocycles. The number of hydrogen-bond donors (Lipinski definition) is 1. The van der Waals surface area contributed by atoms with Gasteiger partial charge in [0.1, 0.15) is 5.82 Å². The second-order valence-corrected chi connectivity index (χ2v) is 5.55. The normalized spacial score (nSPS) is 11.3. The molecule has 2 aromatic rings. The topological polar surface area (TPSA) is 29.9 Å². The molecule has 18 heavy (non-hydrogen) atoms. The van der Waals surface area contributed by atoms with Crippen molar-refractivity contribution < 1.29 is 0 Å². The van der Waals surface area contributed by atoms with Crippen LogP contribution in [0.2, 0.25) is 0 Å². The van der Waals surface area contributed by atoms with Crippen molar-refractivity contribution in [1.82, 2.24) is 14.9 Å². The Morgan fingerprint density at radius 1 is 1.39 bits per heavy atom. The first-order chi connectivity index (χ1) is 8.77. The second-order valence-electron chi connectivity index (χ2n) is 4.77. The van der Waals surface area contributed by atoms with Crippen molar-refractivity contribution >= 4 is 11.3 Å². The monoisotopic (exact) mass is 263 g/mol. The van der Waals surface area contributed by atoms with Crippen LogP contribution in [0.25, 0.3) is 0 Å². The van der Waals surface area contributed by atoms with Crippen LogP contribution < -0.4 is 5.32 Å². The van der Waals surface area contributed by atoms with Crippen LogP contribution in [0.5, 0.6) is 0 Å². The summed E-state index contributed by atoms with van der Waals surface area (Å²) in [4.78, 5) is 4.39. The van der Waals surface area contributed by atoms with E-state index in [4.69, 9.17) is 0 Å². The molecule has 0 aliphatic rings. The molecule has 3 nitrogen and oxygen atoms in total. The predicted molar refractivity (Wildman–Crippen MR) is 77.2 cm³/mol. The van der Waals surface area contributed by atoms with Gasteiger partial charge in [-0.3, -0.25) is 0 Å². The fourth-order valence-corrected chi connectivity index (χ4v) is 2.71. The maximum absolute atomic E-state index is 4.39. The van der Waals surface area contributed by atoms with Crippen molar-refractivity contribution in [3.8, 4) is 0 Å². The van der Waals surface area contributed by atoms with Crippen molar-refractivity contribution in [3.63, 3.8) is 0 Å². The first kappa shape index (κ1) is 13.3. The summed E-state index contributed by atoms with van der Waals surface area (Å²) in [6.45, 7) is 7.41. The molecule has 0 unspecified atom stereocenters. The minimum Gasteiger partial charge on any atom is -0.333 e. The van der Waals surface area contributed by atoms with Crippen LogP contribution in [0.15, 0.2) is 29.2 Å². The highest BCUT2D eigenvalue weighted by Gasteiger charge is 2.05. The van der Waals surface area contributed by atoms with E-state index in [1.807, 2.05) is 6.20 Å². The minimum absolute atomic E-state index is 0.491. The average molecular weight is 263 g/mol. The summed E-state index contributed by atoms with van der Waals surface area (Å²) in [5.74, 6) is 1.67. The van der Waals surface area contributed by atoms with Crippen molar-refractivity contribution in [2.45, 2.75) is 32.7 Å². The van der Waals surface area contributed by atoms with Crippen LogP contribution in [0.4, 0.5) is 0 Å². The number of nitrogens with one attached hydrogen (secondary N) is 1. The van der Waals surface area contributed by atoms with Gasteiger partial charge in [-0.15, -0.1) is 0 Å². The molecule has 0 saturated carbocycles. The van der Waals surface area contributed by atoms with Crippen molar-refractivity contribution in [2.24, 2.45) is 0 Å².